The van der Waals surface area contributed by atoms with Crippen LogP contribution in [0.1, 0.15) is 27.7 Å². The van der Waals surface area contributed by atoms with Crippen LogP contribution in [0.4, 0.5) is 5.69 Å². The van der Waals surface area contributed by atoms with Crippen LogP contribution in [0.2, 0.25) is 20.1 Å². The summed E-state index contributed by atoms with van der Waals surface area (Å²) in [5, 5.41) is 1.60. The number of rotatable bonds is 3. The van der Waals surface area contributed by atoms with E-state index in [-0.39, 0.29) is 32.7 Å². The number of carbonyl (C=O) groups is 1. The summed E-state index contributed by atoms with van der Waals surface area (Å²) in [6.07, 6.45) is 0. The number of halogens is 4. The maximum Gasteiger partial charge on any atom is 0.295 e. The van der Waals surface area contributed by atoms with E-state index in [2.05, 4.69) is 0 Å². The van der Waals surface area contributed by atoms with Crippen LogP contribution in [-0.2, 0) is 0 Å². The van der Waals surface area contributed by atoms with Crippen molar-refractivity contribution in [2.24, 2.45) is 0 Å². The lowest BCUT2D eigenvalue weighted by atomic mass is 9.98. The molecule has 4 aromatic rings. The van der Waals surface area contributed by atoms with Crippen LogP contribution in [0, 0.1) is 0 Å². The van der Waals surface area contributed by atoms with Crippen molar-refractivity contribution in [2.75, 3.05) is 12.0 Å². The van der Waals surface area contributed by atoms with Gasteiger partial charge in [0.1, 0.15) is 11.3 Å². The zero-order chi connectivity index (χ0) is 23.4. The van der Waals surface area contributed by atoms with E-state index in [1.165, 1.54) is 18.1 Å². The molecule has 1 atom stereocenters. The predicted molar refractivity (Wildman–Crippen MR) is 131 cm³/mol. The van der Waals surface area contributed by atoms with Gasteiger partial charge in [0.2, 0.25) is 5.76 Å². The van der Waals surface area contributed by atoms with Gasteiger partial charge in [-0.15, -0.1) is 0 Å². The SMILES string of the molecule is COc1ccc(N2C(=O)c3oc4ccc(Cl)cc4c(=O)c3C2c2ccc(Cl)c(Cl)c2)cc1Cl. The number of methoxy groups -OCH3 is 1. The molecular formula is C24H13Cl4NO4. The number of hydrogen-bond donors (Lipinski definition) is 0. The van der Waals surface area contributed by atoms with E-state index in [9.17, 15) is 9.59 Å². The lowest BCUT2D eigenvalue weighted by Gasteiger charge is -2.26. The largest absolute Gasteiger partial charge is 0.495 e. The molecule has 0 spiro atoms. The summed E-state index contributed by atoms with van der Waals surface area (Å²) in [4.78, 5) is 28.6. The number of anilines is 1. The minimum absolute atomic E-state index is 0.0576. The summed E-state index contributed by atoms with van der Waals surface area (Å²) in [6.45, 7) is 0. The van der Waals surface area contributed by atoms with E-state index in [4.69, 9.17) is 55.6 Å². The van der Waals surface area contributed by atoms with Crippen LogP contribution in [0.3, 0.4) is 0 Å². The Hall–Kier alpha value is -2.70. The minimum atomic E-state index is -0.827. The third kappa shape index (κ3) is 3.56. The van der Waals surface area contributed by atoms with Crippen molar-refractivity contribution in [1.29, 1.82) is 0 Å². The Labute approximate surface area is 208 Å². The molecule has 1 aliphatic rings. The highest BCUT2D eigenvalue weighted by atomic mass is 35.5. The summed E-state index contributed by atoms with van der Waals surface area (Å²) < 4.78 is 11.1. The van der Waals surface area contributed by atoms with E-state index < -0.39 is 11.9 Å². The molecule has 33 heavy (non-hydrogen) atoms. The average Bonchev–Trinajstić information content (AvgIpc) is 3.09. The van der Waals surface area contributed by atoms with Gasteiger partial charge in [-0.2, -0.15) is 0 Å². The van der Waals surface area contributed by atoms with E-state index in [0.29, 0.717) is 32.1 Å². The number of ether oxygens (including phenoxy) is 1. The average molecular weight is 521 g/mol. The highest BCUT2D eigenvalue weighted by molar-refractivity contribution is 6.42. The molecule has 0 N–H and O–H groups in total. The van der Waals surface area contributed by atoms with Gasteiger partial charge in [0.15, 0.2) is 5.43 Å². The van der Waals surface area contributed by atoms with E-state index in [1.807, 2.05) is 0 Å². The van der Waals surface area contributed by atoms with Crippen LogP contribution in [0.15, 0.2) is 63.8 Å². The molecule has 0 saturated carbocycles. The predicted octanol–water partition coefficient (Wildman–Crippen LogP) is 7.17. The molecular weight excluding hydrogens is 508 g/mol. The monoisotopic (exact) mass is 519 g/mol. The van der Waals surface area contributed by atoms with Crippen LogP contribution in [-0.4, -0.2) is 13.0 Å². The number of nitrogens with zero attached hydrogens (tertiary/aromatic N) is 1. The second-order valence-corrected chi connectivity index (χ2v) is 9.04. The first-order valence-electron chi connectivity index (χ1n) is 9.68. The molecule has 1 aliphatic heterocycles. The Morgan fingerprint density at radius 2 is 1.67 bits per heavy atom. The zero-order valence-electron chi connectivity index (χ0n) is 16.9. The van der Waals surface area contributed by atoms with E-state index in [0.717, 1.165) is 0 Å². The molecule has 0 radical (unpaired) electrons. The molecule has 2 heterocycles. The highest BCUT2D eigenvalue weighted by Gasteiger charge is 2.44. The lowest BCUT2D eigenvalue weighted by Crippen LogP contribution is -2.29. The summed E-state index contributed by atoms with van der Waals surface area (Å²) in [7, 11) is 1.50. The quantitative estimate of drug-likeness (QED) is 0.287. The van der Waals surface area contributed by atoms with Gasteiger partial charge < -0.3 is 9.15 Å². The summed E-state index contributed by atoms with van der Waals surface area (Å²) >= 11 is 24.8. The first kappa shape index (κ1) is 22.1. The zero-order valence-corrected chi connectivity index (χ0v) is 19.9. The molecule has 166 valence electrons. The third-order valence-electron chi connectivity index (χ3n) is 5.51. The number of amides is 1. The number of fused-ring (bicyclic) bond motifs is 2. The van der Waals surface area contributed by atoms with Gasteiger partial charge in [0.05, 0.1) is 39.2 Å². The molecule has 5 rings (SSSR count). The molecule has 1 amide bonds. The Kier molecular flexibility index (Phi) is 5.53. The van der Waals surface area contributed by atoms with Crippen molar-refractivity contribution >= 4 is 69.0 Å². The molecule has 9 heteroatoms. The fourth-order valence-electron chi connectivity index (χ4n) is 4.01. The Bertz CT molecular complexity index is 1510. The fraction of sp³-hybridized carbons (Fsp3) is 0.0833. The maximum atomic E-state index is 13.6. The lowest BCUT2D eigenvalue weighted by molar-refractivity contribution is 0.0971. The summed E-state index contributed by atoms with van der Waals surface area (Å²) in [5.41, 5.74) is 1.12. The van der Waals surface area contributed by atoms with Gasteiger partial charge in [0, 0.05) is 10.7 Å². The molecule has 1 aromatic heterocycles. The van der Waals surface area contributed by atoms with Gasteiger partial charge in [-0.3, -0.25) is 14.5 Å². The van der Waals surface area contributed by atoms with E-state index >= 15 is 0 Å². The Morgan fingerprint density at radius 3 is 2.36 bits per heavy atom. The topological polar surface area (TPSA) is 59.8 Å². The van der Waals surface area contributed by atoms with Gasteiger partial charge in [-0.05, 0) is 54.1 Å². The molecule has 0 fully saturated rings. The Balaban J connectivity index is 1.81. The number of carbonyl (C=O) groups excluding carboxylic acids is 1. The Morgan fingerprint density at radius 1 is 0.879 bits per heavy atom. The van der Waals surface area contributed by atoms with Crippen molar-refractivity contribution in [2.45, 2.75) is 6.04 Å². The summed E-state index contributed by atoms with van der Waals surface area (Å²) in [6, 6.07) is 13.7. The fourth-order valence-corrected chi connectivity index (χ4v) is 4.74. The standard InChI is InChI=1S/C24H13Cl4NO4/c1-32-19-7-4-13(10-17(19)28)29-21(11-2-5-15(26)16(27)8-11)20-22(30)14-9-12(25)3-6-18(14)33-23(20)24(29)31/h2-10,21H,1H3. The van der Waals surface area contributed by atoms with Gasteiger partial charge in [-0.1, -0.05) is 52.5 Å². The van der Waals surface area contributed by atoms with Gasteiger partial charge >= 0.3 is 0 Å². The second kappa shape index (κ2) is 8.26. The minimum Gasteiger partial charge on any atom is -0.495 e. The molecule has 0 bridgehead atoms. The normalized spacial score (nSPS) is 15.2. The second-order valence-electron chi connectivity index (χ2n) is 7.38. The first-order valence-corrected chi connectivity index (χ1v) is 11.2. The number of hydrogen-bond acceptors (Lipinski definition) is 4. The van der Waals surface area contributed by atoms with Crippen molar-refractivity contribution in [3.05, 3.63) is 102 Å². The van der Waals surface area contributed by atoms with Crippen molar-refractivity contribution in [3.63, 3.8) is 0 Å². The van der Waals surface area contributed by atoms with Gasteiger partial charge in [0.25, 0.3) is 5.91 Å². The van der Waals surface area contributed by atoms with Crippen molar-refractivity contribution in [3.8, 4) is 5.75 Å². The first-order chi connectivity index (χ1) is 15.8. The van der Waals surface area contributed by atoms with Crippen LogP contribution >= 0.6 is 46.4 Å². The van der Waals surface area contributed by atoms with Crippen molar-refractivity contribution < 1.29 is 13.9 Å². The molecule has 1 unspecified atom stereocenters. The van der Waals surface area contributed by atoms with Crippen LogP contribution in [0.25, 0.3) is 11.0 Å². The van der Waals surface area contributed by atoms with Crippen molar-refractivity contribution in [1.82, 2.24) is 0 Å². The highest BCUT2D eigenvalue weighted by Crippen LogP contribution is 2.44. The van der Waals surface area contributed by atoms with Crippen LogP contribution in [0.5, 0.6) is 5.75 Å². The molecule has 5 nitrogen and oxygen atoms in total. The third-order valence-corrected chi connectivity index (χ3v) is 6.77. The molecule has 0 saturated heterocycles. The maximum absolute atomic E-state index is 13.6. The van der Waals surface area contributed by atoms with Gasteiger partial charge in [-0.25, -0.2) is 0 Å². The van der Waals surface area contributed by atoms with E-state index in [1.54, 1.807) is 48.5 Å². The number of benzene rings is 3. The molecule has 0 aliphatic carbocycles. The molecule has 3 aromatic carbocycles. The smallest absolute Gasteiger partial charge is 0.295 e. The summed E-state index contributed by atoms with van der Waals surface area (Å²) in [5.74, 6) is -0.0978. The van der Waals surface area contributed by atoms with Crippen LogP contribution < -0.4 is 15.1 Å².